The quantitative estimate of drug-likeness (QED) is 0.433. The minimum atomic E-state index is -0.122. The Hall–Kier alpha value is 1.27. The summed E-state index contributed by atoms with van der Waals surface area (Å²) in [6, 6.07) is 1.57. The first-order valence-electron chi connectivity index (χ1n) is 5.41. The Balaban J connectivity index is 3.26. The highest BCUT2D eigenvalue weighted by molar-refractivity contribution is 6.96. The van der Waals surface area contributed by atoms with E-state index in [1.54, 1.807) is 6.04 Å². The zero-order valence-electron chi connectivity index (χ0n) is 8.61. The van der Waals surface area contributed by atoms with Crippen LogP contribution in [0, 0.1) is 5.92 Å². The topological polar surface area (TPSA) is 0 Å². The van der Waals surface area contributed by atoms with E-state index in [4.69, 9.17) is 9.07 Å². The molecule has 0 aromatic rings. The van der Waals surface area contributed by atoms with Gasteiger partial charge in [-0.3, -0.25) is 0 Å². The average molecular weight is 217 g/mol. The van der Waals surface area contributed by atoms with Crippen LogP contribution >= 0.6 is 9.07 Å². The van der Waals surface area contributed by atoms with Gasteiger partial charge in [-0.05, 0) is 15.4 Å². The summed E-state index contributed by atoms with van der Waals surface area (Å²) in [6.07, 6.45) is 5.67. The average Bonchev–Trinajstić information content (AvgIpc) is 2.11. The van der Waals surface area contributed by atoms with Gasteiger partial charge in [-0.2, -0.15) is 0 Å². The Morgan fingerprint density at radius 1 is 1.42 bits per heavy atom. The molecule has 0 aliphatic heterocycles. The Bertz CT molecular complexity index is 90.6. The minimum Gasteiger partial charge on any atom is -0.346 e. The van der Waals surface area contributed by atoms with Gasteiger partial charge in [0.25, 0.3) is 0 Å². The fourth-order valence-electron chi connectivity index (χ4n) is 1.57. The summed E-state index contributed by atoms with van der Waals surface area (Å²) >= 11 is -0.122. The third-order valence-corrected chi connectivity index (χ3v) is 9.24. The van der Waals surface area contributed by atoms with Crippen LogP contribution in [0.3, 0.4) is 0 Å². The van der Waals surface area contributed by atoms with Crippen LogP contribution in [0.5, 0.6) is 0 Å². The first-order chi connectivity index (χ1) is 5.85. The van der Waals surface area contributed by atoms with Gasteiger partial charge in [-0.1, -0.05) is 45.6 Å². The summed E-state index contributed by atoms with van der Waals surface area (Å²) in [5, 5.41) is 0. The fraction of sp³-hybridized carbons (Fsp3) is 1.00. The summed E-state index contributed by atoms with van der Waals surface area (Å²) in [5.41, 5.74) is 0. The minimum absolute atomic E-state index is 0.122. The number of rotatable bonds is 8. The summed E-state index contributed by atoms with van der Waals surface area (Å²) in [4.78, 5) is 0. The molecule has 0 aromatic heterocycles. The molecule has 0 fully saturated rings. The lowest BCUT2D eigenvalue weighted by Gasteiger charge is -2.12. The molecule has 0 heterocycles. The van der Waals surface area contributed by atoms with Crippen molar-refractivity contribution >= 4 is 37.9 Å². The third kappa shape index (κ3) is 7.90. The second kappa shape index (κ2) is 10.4. The van der Waals surface area contributed by atoms with Gasteiger partial charge in [0.15, 0.2) is 0 Å². The van der Waals surface area contributed by atoms with Crippen molar-refractivity contribution < 1.29 is 0 Å². The molecule has 0 bridgehead atoms. The smallest absolute Gasteiger partial charge is 0.346 e. The van der Waals surface area contributed by atoms with Gasteiger partial charge >= 0.3 is 19.3 Å². The van der Waals surface area contributed by atoms with Crippen molar-refractivity contribution in [1.29, 1.82) is 0 Å². The van der Waals surface area contributed by atoms with Crippen LogP contribution in [-0.2, 0) is 0 Å². The second-order valence-corrected chi connectivity index (χ2v) is 9.23. The number of unbranched alkanes of at least 4 members (excludes halogenated alkanes) is 1. The van der Waals surface area contributed by atoms with Crippen molar-refractivity contribution in [1.82, 2.24) is 0 Å². The predicted octanol–water partition coefficient (Wildman–Crippen LogP) is 3.02. The van der Waals surface area contributed by atoms with E-state index in [0.717, 1.165) is 5.92 Å². The molecular weight excluding hydrogens is 196 g/mol. The van der Waals surface area contributed by atoms with E-state index in [1.807, 2.05) is 0 Å². The highest BCUT2D eigenvalue weighted by Gasteiger charge is 2.05. The molecule has 0 N–H and O–H groups in total. The van der Waals surface area contributed by atoms with E-state index in [0.29, 0.717) is 0 Å². The summed E-state index contributed by atoms with van der Waals surface area (Å²) in [7, 11) is 6.06. The molecule has 0 rings (SSSR count). The molecule has 3 heteroatoms. The molecule has 70 valence electrons. The van der Waals surface area contributed by atoms with Crippen molar-refractivity contribution in [2.75, 3.05) is 0 Å². The summed E-state index contributed by atoms with van der Waals surface area (Å²) in [6.45, 7) is 4.63. The van der Waals surface area contributed by atoms with E-state index in [9.17, 15) is 0 Å². The van der Waals surface area contributed by atoms with Crippen molar-refractivity contribution in [3.8, 4) is 0 Å². The fourth-order valence-corrected chi connectivity index (χ4v) is 6.46. The van der Waals surface area contributed by atoms with Gasteiger partial charge < -0.3 is 9.07 Å². The standard InChI is InChI=1S/C9H21Si.ClH.Mg/c1-4-6-7-9(5-2)8-10-3;;/h9H,3-8,10H2,1-2H3;1H;/q;;+1/p-1. The highest BCUT2D eigenvalue weighted by Crippen LogP contribution is 2.16. The van der Waals surface area contributed by atoms with Crippen LogP contribution in [0.25, 0.3) is 0 Å². The molecule has 0 nitrogen and oxygen atoms in total. The molecule has 0 aliphatic carbocycles. The van der Waals surface area contributed by atoms with Crippen LogP contribution in [-0.4, -0.2) is 28.8 Å². The second-order valence-electron chi connectivity index (χ2n) is 3.60. The van der Waals surface area contributed by atoms with Gasteiger partial charge in [-0.25, -0.2) is 0 Å². The molecule has 0 radical (unpaired) electrons. The van der Waals surface area contributed by atoms with Crippen LogP contribution in [0.15, 0.2) is 0 Å². The highest BCUT2D eigenvalue weighted by atomic mass is 35.5. The van der Waals surface area contributed by atoms with Crippen molar-refractivity contribution in [3.05, 3.63) is 0 Å². The van der Waals surface area contributed by atoms with Crippen molar-refractivity contribution in [2.45, 2.75) is 49.7 Å². The Kier molecular flexibility index (Phi) is 11.5. The predicted molar refractivity (Wildman–Crippen MR) is 63.1 cm³/mol. The first kappa shape index (κ1) is 13.3. The van der Waals surface area contributed by atoms with Crippen LogP contribution < -0.4 is 0 Å². The monoisotopic (exact) mass is 216 g/mol. The molecule has 0 aromatic carbocycles. The summed E-state index contributed by atoms with van der Waals surface area (Å²) in [5.74, 6) is 1.05. The molecule has 0 saturated heterocycles. The molecule has 0 saturated carbocycles. The maximum absolute atomic E-state index is 5.81. The van der Waals surface area contributed by atoms with Gasteiger partial charge in [0.05, 0.1) is 0 Å². The van der Waals surface area contributed by atoms with E-state index in [2.05, 4.69) is 13.8 Å². The van der Waals surface area contributed by atoms with E-state index < -0.39 is 0 Å². The zero-order chi connectivity index (χ0) is 9.23. The van der Waals surface area contributed by atoms with Gasteiger partial charge in [-0.15, -0.1) is 4.17 Å². The van der Waals surface area contributed by atoms with Crippen LogP contribution in [0.4, 0.5) is 0 Å². The van der Waals surface area contributed by atoms with Gasteiger partial charge in [0.1, 0.15) is 0 Å². The SMILES string of the molecule is CCCCC(CC)C[SiH2][CH2][Mg][Cl]. The Labute approximate surface area is 93.2 Å². The van der Waals surface area contributed by atoms with E-state index >= 15 is 0 Å². The number of hydrogen-bond acceptors (Lipinski definition) is 0. The molecule has 12 heavy (non-hydrogen) atoms. The van der Waals surface area contributed by atoms with Crippen LogP contribution in [0.1, 0.15) is 39.5 Å². The Morgan fingerprint density at radius 3 is 2.67 bits per heavy atom. The largest absolute Gasteiger partial charge is 0.497 e. The van der Waals surface area contributed by atoms with Gasteiger partial charge in [0, 0.05) is 0 Å². The lowest BCUT2D eigenvalue weighted by molar-refractivity contribution is 0.490. The Morgan fingerprint density at radius 2 is 2.17 bits per heavy atom. The molecule has 0 spiro atoms. The molecule has 0 amide bonds. The lowest BCUT2D eigenvalue weighted by atomic mass is 10.0. The normalized spacial score (nSPS) is 13.6. The maximum atomic E-state index is 5.81. The van der Waals surface area contributed by atoms with Crippen molar-refractivity contribution in [3.63, 3.8) is 0 Å². The van der Waals surface area contributed by atoms with Gasteiger partial charge in [0.2, 0.25) is 0 Å². The van der Waals surface area contributed by atoms with Crippen molar-refractivity contribution in [2.24, 2.45) is 5.92 Å². The lowest BCUT2D eigenvalue weighted by Crippen LogP contribution is -2.04. The molecular formula is C9H21ClMgSi. The zero-order valence-corrected chi connectivity index (χ0v) is 12.2. The third-order valence-electron chi connectivity index (χ3n) is 2.54. The van der Waals surface area contributed by atoms with Crippen LogP contribution in [0.2, 0.25) is 10.2 Å². The number of halogens is 1. The number of hydrogen-bond donors (Lipinski definition) is 0. The molecule has 1 atom stereocenters. The van der Waals surface area contributed by atoms with E-state index in [1.165, 1.54) is 29.9 Å². The molecule has 0 aliphatic rings. The maximum Gasteiger partial charge on any atom is 0.497 e. The summed E-state index contributed by atoms with van der Waals surface area (Å²) < 4.78 is 1.48. The van der Waals surface area contributed by atoms with E-state index in [-0.39, 0.29) is 28.8 Å². The first-order valence-corrected chi connectivity index (χ1v) is 10.5. The molecule has 1 unspecified atom stereocenters.